The zero-order chi connectivity index (χ0) is 29.2. The van der Waals surface area contributed by atoms with Gasteiger partial charge in [0.15, 0.2) is 0 Å². The third-order valence-electron chi connectivity index (χ3n) is 5.97. The van der Waals surface area contributed by atoms with Crippen LogP contribution in [0.5, 0.6) is 0 Å². The first kappa shape index (κ1) is 32.8. The van der Waals surface area contributed by atoms with Gasteiger partial charge in [-0.15, -0.1) is 0 Å². The number of benzene rings is 1. The summed E-state index contributed by atoms with van der Waals surface area (Å²) in [6.07, 6.45) is -2.65. The van der Waals surface area contributed by atoms with Crippen molar-refractivity contribution < 1.29 is 37.7 Å². The first-order chi connectivity index (χ1) is 18.1. The van der Waals surface area contributed by atoms with Gasteiger partial charge in [0.05, 0.1) is 31.9 Å². The molecule has 10 heteroatoms. The van der Waals surface area contributed by atoms with E-state index in [9.17, 15) is 23.5 Å². The molecule has 2 heterocycles. The molecule has 1 aromatic carbocycles. The summed E-state index contributed by atoms with van der Waals surface area (Å²) >= 11 is 0. The van der Waals surface area contributed by atoms with E-state index in [4.69, 9.17) is 14.2 Å². The van der Waals surface area contributed by atoms with E-state index in [1.165, 1.54) is 9.80 Å². The van der Waals surface area contributed by atoms with Crippen LogP contribution in [-0.4, -0.2) is 89.0 Å². The Bertz CT molecular complexity index is 890. The molecule has 0 aromatic heterocycles. The van der Waals surface area contributed by atoms with E-state index in [0.29, 0.717) is 39.0 Å². The van der Waals surface area contributed by atoms with Crippen LogP contribution in [0.1, 0.15) is 72.8 Å². The first-order valence-corrected chi connectivity index (χ1v) is 13.7. The number of aliphatic hydroxyl groups is 1. The third-order valence-corrected chi connectivity index (χ3v) is 5.97. The molecule has 0 spiro atoms. The van der Waals surface area contributed by atoms with Crippen LogP contribution in [-0.2, 0) is 20.8 Å². The van der Waals surface area contributed by atoms with Gasteiger partial charge >= 0.3 is 12.2 Å². The van der Waals surface area contributed by atoms with Crippen molar-refractivity contribution in [1.82, 2.24) is 9.80 Å². The van der Waals surface area contributed by atoms with Crippen LogP contribution in [0.25, 0.3) is 0 Å². The number of halogens is 2. The van der Waals surface area contributed by atoms with Crippen molar-refractivity contribution in [3.63, 3.8) is 0 Å². The highest BCUT2D eigenvalue weighted by atomic mass is 19.1. The van der Waals surface area contributed by atoms with Gasteiger partial charge in [0, 0.05) is 25.9 Å². The van der Waals surface area contributed by atoms with E-state index in [2.05, 4.69) is 0 Å². The lowest BCUT2D eigenvalue weighted by atomic mass is 10.1. The Morgan fingerprint density at radius 1 is 0.846 bits per heavy atom. The number of ether oxygens (including phenoxy) is 3. The number of carbonyl (C=O) groups excluding carboxylic acids is 2. The number of alkyl halides is 2. The minimum atomic E-state index is -1.18. The summed E-state index contributed by atoms with van der Waals surface area (Å²) in [4.78, 5) is 26.5. The Morgan fingerprint density at radius 3 is 1.85 bits per heavy atom. The van der Waals surface area contributed by atoms with Crippen molar-refractivity contribution in [3.8, 4) is 0 Å². The topological polar surface area (TPSA) is 88.5 Å². The molecule has 0 radical (unpaired) electrons. The summed E-state index contributed by atoms with van der Waals surface area (Å²) in [6, 6.07) is 9.82. The van der Waals surface area contributed by atoms with Gasteiger partial charge in [-0.1, -0.05) is 30.3 Å². The Balaban J connectivity index is 0.000000293. The number of nitrogens with zero attached hydrogens (tertiary/aromatic N) is 2. The standard InChI is InChI=1S/C18H26FNO3.C11H20FNO3/c1-18(2,3)23-17(21)20-10-9-16(11-15(19)12-20)22-13-14-7-5-4-6-8-14;1-11(2,3)16-10(15)13-5-4-9(14)6-8(12)7-13/h4-8,15-16H,9-13H2,1-3H3;8-9,14H,4-7H2,1-3H3. The zero-order valence-corrected chi connectivity index (χ0v) is 24.2. The van der Waals surface area contributed by atoms with Crippen LogP contribution in [0.4, 0.5) is 18.4 Å². The van der Waals surface area contributed by atoms with Gasteiger partial charge in [-0.2, -0.15) is 0 Å². The average molecular weight is 557 g/mol. The van der Waals surface area contributed by atoms with Crippen molar-refractivity contribution >= 4 is 12.2 Å². The smallest absolute Gasteiger partial charge is 0.410 e. The number of rotatable bonds is 3. The van der Waals surface area contributed by atoms with Gasteiger partial charge in [0.2, 0.25) is 0 Å². The fourth-order valence-electron chi connectivity index (χ4n) is 4.16. The molecule has 1 N–H and O–H groups in total. The molecule has 2 amide bonds. The van der Waals surface area contributed by atoms with E-state index in [0.717, 1.165) is 5.56 Å². The van der Waals surface area contributed by atoms with Gasteiger partial charge in [0.25, 0.3) is 0 Å². The third kappa shape index (κ3) is 13.4. The van der Waals surface area contributed by atoms with Crippen LogP contribution < -0.4 is 0 Å². The van der Waals surface area contributed by atoms with Gasteiger partial charge in [-0.3, -0.25) is 0 Å². The summed E-state index contributed by atoms with van der Waals surface area (Å²) in [7, 11) is 0. The largest absolute Gasteiger partial charge is 0.444 e. The SMILES string of the molecule is CC(C)(C)OC(=O)N1CCC(O)CC(F)C1.CC(C)(C)OC(=O)N1CCC(OCc2ccccc2)CC(F)C1. The van der Waals surface area contributed by atoms with Gasteiger partial charge in [-0.05, 0) is 59.9 Å². The number of hydrogen-bond acceptors (Lipinski definition) is 6. The highest BCUT2D eigenvalue weighted by molar-refractivity contribution is 5.68. The van der Waals surface area contributed by atoms with Gasteiger partial charge < -0.3 is 29.1 Å². The molecule has 2 fully saturated rings. The van der Waals surface area contributed by atoms with Gasteiger partial charge in [-0.25, -0.2) is 18.4 Å². The number of carbonyl (C=O) groups is 2. The molecule has 1 aromatic rings. The van der Waals surface area contributed by atoms with E-state index in [1.54, 1.807) is 41.5 Å². The highest BCUT2D eigenvalue weighted by Crippen LogP contribution is 2.21. The molecule has 0 saturated carbocycles. The number of amides is 2. The van der Waals surface area contributed by atoms with Crippen LogP contribution in [0.15, 0.2) is 30.3 Å². The highest BCUT2D eigenvalue weighted by Gasteiger charge is 2.31. The van der Waals surface area contributed by atoms with Gasteiger partial charge in [0.1, 0.15) is 23.5 Å². The Hall–Kier alpha value is -2.46. The van der Waals surface area contributed by atoms with Crippen molar-refractivity contribution in [1.29, 1.82) is 0 Å². The van der Waals surface area contributed by atoms with E-state index >= 15 is 0 Å². The van der Waals surface area contributed by atoms with Crippen LogP contribution >= 0.6 is 0 Å². The molecule has 2 aliphatic rings. The normalized spacial score (nSPS) is 24.5. The summed E-state index contributed by atoms with van der Waals surface area (Å²) in [6.45, 7) is 12.1. The minimum absolute atomic E-state index is 0.00593. The van der Waals surface area contributed by atoms with Crippen molar-refractivity contribution in [2.75, 3.05) is 26.2 Å². The molecule has 0 bridgehead atoms. The second-order valence-corrected chi connectivity index (χ2v) is 12.2. The number of aliphatic hydroxyl groups excluding tert-OH is 1. The van der Waals surface area contributed by atoms with E-state index < -0.39 is 41.8 Å². The quantitative estimate of drug-likeness (QED) is 0.517. The molecule has 2 aliphatic heterocycles. The molecule has 0 aliphatic carbocycles. The molecule has 2 saturated heterocycles. The zero-order valence-electron chi connectivity index (χ0n) is 24.2. The molecule has 4 atom stereocenters. The second kappa shape index (κ2) is 14.8. The average Bonchev–Trinajstić information content (AvgIpc) is 3.11. The van der Waals surface area contributed by atoms with Crippen LogP contribution in [0.3, 0.4) is 0 Å². The Kier molecular flexibility index (Phi) is 12.4. The molecular formula is C29H46F2N2O6. The molecular weight excluding hydrogens is 510 g/mol. The summed E-state index contributed by atoms with van der Waals surface area (Å²) in [5.41, 5.74) is -0.0807. The van der Waals surface area contributed by atoms with Crippen molar-refractivity contribution in [3.05, 3.63) is 35.9 Å². The monoisotopic (exact) mass is 556 g/mol. The summed E-state index contributed by atoms with van der Waals surface area (Å²) in [5.74, 6) is 0. The van der Waals surface area contributed by atoms with E-state index in [1.807, 2.05) is 30.3 Å². The maximum Gasteiger partial charge on any atom is 0.410 e. The molecule has 39 heavy (non-hydrogen) atoms. The first-order valence-electron chi connectivity index (χ1n) is 13.7. The maximum absolute atomic E-state index is 14.1. The fourth-order valence-corrected chi connectivity index (χ4v) is 4.16. The maximum atomic E-state index is 14.1. The van der Waals surface area contributed by atoms with Crippen LogP contribution in [0, 0.1) is 0 Å². The minimum Gasteiger partial charge on any atom is -0.444 e. The Morgan fingerprint density at radius 2 is 1.33 bits per heavy atom. The molecule has 3 rings (SSSR count). The molecule has 222 valence electrons. The lowest BCUT2D eigenvalue weighted by Crippen LogP contribution is -2.39. The number of hydrogen-bond donors (Lipinski definition) is 1. The molecule has 8 nitrogen and oxygen atoms in total. The predicted octanol–water partition coefficient (Wildman–Crippen LogP) is 5.66. The van der Waals surface area contributed by atoms with E-state index in [-0.39, 0.29) is 25.6 Å². The Labute approximate surface area is 231 Å². The fraction of sp³-hybridized carbons (Fsp3) is 0.724. The number of likely N-dealkylation sites (tertiary alicyclic amines) is 2. The van der Waals surface area contributed by atoms with Crippen molar-refractivity contribution in [2.45, 2.75) is 110 Å². The molecule has 4 unspecified atom stereocenters. The second-order valence-electron chi connectivity index (χ2n) is 12.2. The van der Waals surface area contributed by atoms with Crippen LogP contribution in [0.2, 0.25) is 0 Å². The predicted molar refractivity (Wildman–Crippen MR) is 145 cm³/mol. The summed E-state index contributed by atoms with van der Waals surface area (Å²) < 4.78 is 43.8. The lowest BCUT2D eigenvalue weighted by molar-refractivity contribution is 0.0187. The summed E-state index contributed by atoms with van der Waals surface area (Å²) in [5, 5.41) is 9.37. The lowest BCUT2D eigenvalue weighted by Gasteiger charge is -2.26. The van der Waals surface area contributed by atoms with Crippen molar-refractivity contribution in [2.24, 2.45) is 0 Å².